The van der Waals surface area contributed by atoms with Crippen molar-refractivity contribution in [3.8, 4) is 5.75 Å². The number of nitrogens with one attached hydrogen (secondary N) is 1. The Morgan fingerprint density at radius 3 is 2.23 bits per heavy atom. The van der Waals surface area contributed by atoms with E-state index in [0.29, 0.717) is 28.6 Å². The Hall–Kier alpha value is -2.78. The summed E-state index contributed by atoms with van der Waals surface area (Å²) in [5, 5.41) is 3.34. The van der Waals surface area contributed by atoms with Gasteiger partial charge in [-0.15, -0.1) is 0 Å². The van der Waals surface area contributed by atoms with Gasteiger partial charge in [-0.05, 0) is 63.1 Å². The van der Waals surface area contributed by atoms with Crippen LogP contribution in [0.1, 0.15) is 39.7 Å². The molecule has 2 unspecified atom stereocenters. The summed E-state index contributed by atoms with van der Waals surface area (Å²) in [6.45, 7) is 7.34. The minimum atomic E-state index is -3.80. The second-order valence-electron chi connectivity index (χ2n) is 8.30. The molecule has 2 atom stereocenters. The lowest BCUT2D eigenvalue weighted by molar-refractivity contribution is -0.139. The number of carbonyl (C=O) groups is 2. The Morgan fingerprint density at radius 1 is 1.06 bits per heavy atom. The fourth-order valence-corrected chi connectivity index (χ4v) is 4.39. The van der Waals surface area contributed by atoms with Crippen molar-refractivity contribution in [3.63, 3.8) is 0 Å². The van der Waals surface area contributed by atoms with Gasteiger partial charge >= 0.3 is 0 Å². The van der Waals surface area contributed by atoms with Crippen molar-refractivity contribution in [1.29, 1.82) is 0 Å². The lowest BCUT2D eigenvalue weighted by Gasteiger charge is -2.32. The molecule has 2 rings (SSSR count). The first-order valence-electron chi connectivity index (χ1n) is 11.5. The molecule has 0 aliphatic heterocycles. The maximum absolute atomic E-state index is 13.5. The number of nitrogens with zero attached hydrogens (tertiary/aromatic N) is 2. The lowest BCUT2D eigenvalue weighted by atomic mass is 10.1. The summed E-state index contributed by atoms with van der Waals surface area (Å²) in [7, 11) is -3.80. The number of ether oxygens (including phenoxy) is 1. The van der Waals surface area contributed by atoms with E-state index in [4.69, 9.17) is 16.3 Å². The fourth-order valence-electron chi connectivity index (χ4n) is 3.35. The summed E-state index contributed by atoms with van der Waals surface area (Å²) in [5.74, 6) is -0.269. The first kappa shape index (κ1) is 28.5. The molecule has 10 heteroatoms. The van der Waals surface area contributed by atoms with Crippen LogP contribution in [0.5, 0.6) is 5.75 Å². The van der Waals surface area contributed by atoms with Crippen LogP contribution in [0.2, 0.25) is 5.02 Å². The van der Waals surface area contributed by atoms with Gasteiger partial charge in [-0.25, -0.2) is 8.42 Å². The zero-order valence-corrected chi connectivity index (χ0v) is 22.4. The molecular formula is C25H34ClN3O5S. The van der Waals surface area contributed by atoms with Crippen LogP contribution < -0.4 is 14.4 Å². The average Bonchev–Trinajstić information content (AvgIpc) is 2.81. The van der Waals surface area contributed by atoms with E-state index in [1.165, 1.54) is 4.90 Å². The third-order valence-electron chi connectivity index (χ3n) is 5.58. The standard InChI is InChI=1S/C25H34ClN3O5S/c1-6-18(3)27-25(31)19(4)28(16-20-10-8-9-11-23(20)26)24(30)17-29(35(5,32)33)21-12-14-22(15-13-21)34-7-2/h8-15,18-19H,6-7,16-17H2,1-5H3,(H,27,31). The topological polar surface area (TPSA) is 96.0 Å². The highest BCUT2D eigenvalue weighted by Crippen LogP contribution is 2.23. The normalized spacial score (nSPS) is 13.0. The Balaban J connectivity index is 2.38. The fraction of sp³-hybridized carbons (Fsp3) is 0.440. The number of anilines is 1. The van der Waals surface area contributed by atoms with Crippen LogP contribution >= 0.6 is 11.6 Å². The van der Waals surface area contributed by atoms with Gasteiger partial charge in [0, 0.05) is 17.6 Å². The zero-order valence-electron chi connectivity index (χ0n) is 20.8. The Kier molecular flexibility index (Phi) is 10.4. The highest BCUT2D eigenvalue weighted by molar-refractivity contribution is 7.92. The van der Waals surface area contributed by atoms with Crippen molar-refractivity contribution in [1.82, 2.24) is 10.2 Å². The molecule has 0 aliphatic rings. The Bertz CT molecular complexity index is 1110. The molecule has 1 N–H and O–H groups in total. The van der Waals surface area contributed by atoms with E-state index < -0.39 is 28.5 Å². The van der Waals surface area contributed by atoms with Crippen LogP contribution in [-0.4, -0.2) is 56.6 Å². The number of hydrogen-bond donors (Lipinski definition) is 1. The summed E-state index contributed by atoms with van der Waals surface area (Å²) >= 11 is 6.32. The van der Waals surface area contributed by atoms with E-state index in [-0.39, 0.29) is 18.5 Å². The minimum absolute atomic E-state index is 0.0501. The quantitative estimate of drug-likeness (QED) is 0.456. The third-order valence-corrected chi connectivity index (χ3v) is 7.09. The van der Waals surface area contributed by atoms with E-state index in [9.17, 15) is 18.0 Å². The molecule has 0 heterocycles. The number of rotatable bonds is 12. The predicted octanol–water partition coefficient (Wildman–Crippen LogP) is 3.84. The second kappa shape index (κ2) is 12.8. The van der Waals surface area contributed by atoms with E-state index in [2.05, 4.69) is 5.32 Å². The van der Waals surface area contributed by atoms with Gasteiger partial charge in [0.05, 0.1) is 18.6 Å². The molecule has 0 spiro atoms. The van der Waals surface area contributed by atoms with Crippen molar-refractivity contribution >= 4 is 39.1 Å². The summed E-state index contributed by atoms with van der Waals surface area (Å²) < 4.78 is 31.7. The van der Waals surface area contributed by atoms with E-state index in [1.807, 2.05) is 20.8 Å². The molecule has 0 saturated carbocycles. The maximum Gasteiger partial charge on any atom is 0.244 e. The van der Waals surface area contributed by atoms with Gasteiger partial charge in [-0.2, -0.15) is 0 Å². The van der Waals surface area contributed by atoms with E-state index >= 15 is 0 Å². The van der Waals surface area contributed by atoms with Crippen LogP contribution in [0.15, 0.2) is 48.5 Å². The highest BCUT2D eigenvalue weighted by atomic mass is 35.5. The van der Waals surface area contributed by atoms with Gasteiger partial charge < -0.3 is 15.0 Å². The SMILES string of the molecule is CCOc1ccc(N(CC(=O)N(Cc2ccccc2Cl)C(C)C(=O)NC(C)CC)S(C)(=O)=O)cc1. The van der Waals surface area contributed by atoms with Crippen LogP contribution in [0, 0.1) is 0 Å². The van der Waals surface area contributed by atoms with Crippen molar-refractivity contribution in [2.75, 3.05) is 23.7 Å². The van der Waals surface area contributed by atoms with Crippen molar-refractivity contribution in [3.05, 3.63) is 59.1 Å². The molecule has 2 aromatic carbocycles. The summed E-state index contributed by atoms with van der Waals surface area (Å²) in [6, 6.07) is 12.6. The van der Waals surface area contributed by atoms with Crippen molar-refractivity contribution in [2.45, 2.75) is 52.7 Å². The number of amides is 2. The van der Waals surface area contributed by atoms with Crippen LogP contribution in [0.4, 0.5) is 5.69 Å². The summed E-state index contributed by atoms with van der Waals surface area (Å²) in [5.41, 5.74) is 0.969. The molecule has 2 aromatic rings. The van der Waals surface area contributed by atoms with Crippen LogP contribution in [0.25, 0.3) is 0 Å². The molecule has 0 aromatic heterocycles. The second-order valence-corrected chi connectivity index (χ2v) is 10.6. The molecular weight excluding hydrogens is 490 g/mol. The van der Waals surface area contributed by atoms with Gasteiger partial charge in [0.15, 0.2) is 0 Å². The van der Waals surface area contributed by atoms with Crippen molar-refractivity contribution < 1.29 is 22.7 Å². The van der Waals surface area contributed by atoms with E-state index in [0.717, 1.165) is 17.0 Å². The number of hydrogen-bond acceptors (Lipinski definition) is 5. The zero-order chi connectivity index (χ0) is 26.2. The van der Waals surface area contributed by atoms with Crippen LogP contribution in [0.3, 0.4) is 0 Å². The summed E-state index contributed by atoms with van der Waals surface area (Å²) in [6.07, 6.45) is 1.77. The van der Waals surface area contributed by atoms with Crippen LogP contribution in [-0.2, 0) is 26.2 Å². The van der Waals surface area contributed by atoms with Gasteiger partial charge in [0.2, 0.25) is 21.8 Å². The summed E-state index contributed by atoms with van der Waals surface area (Å²) in [4.78, 5) is 27.8. The third kappa shape index (κ3) is 8.14. The average molecular weight is 524 g/mol. The highest BCUT2D eigenvalue weighted by Gasteiger charge is 2.30. The minimum Gasteiger partial charge on any atom is -0.494 e. The molecule has 0 bridgehead atoms. The first-order valence-corrected chi connectivity index (χ1v) is 13.7. The Labute approximate surface area is 213 Å². The van der Waals surface area contributed by atoms with Gasteiger partial charge in [0.25, 0.3) is 0 Å². The number of sulfonamides is 1. The number of halogens is 1. The molecule has 0 radical (unpaired) electrons. The lowest BCUT2D eigenvalue weighted by Crippen LogP contribution is -2.52. The van der Waals surface area contributed by atoms with E-state index in [1.54, 1.807) is 55.5 Å². The molecule has 8 nitrogen and oxygen atoms in total. The largest absolute Gasteiger partial charge is 0.494 e. The smallest absolute Gasteiger partial charge is 0.244 e. The first-order chi connectivity index (χ1) is 16.5. The maximum atomic E-state index is 13.5. The molecule has 0 fully saturated rings. The number of benzene rings is 2. The van der Waals surface area contributed by atoms with Gasteiger partial charge in [-0.1, -0.05) is 36.7 Å². The predicted molar refractivity (Wildman–Crippen MR) is 139 cm³/mol. The monoisotopic (exact) mass is 523 g/mol. The number of carbonyl (C=O) groups excluding carboxylic acids is 2. The molecule has 0 aliphatic carbocycles. The Morgan fingerprint density at radius 2 is 1.69 bits per heavy atom. The van der Waals surface area contributed by atoms with Gasteiger partial charge in [0.1, 0.15) is 18.3 Å². The molecule has 35 heavy (non-hydrogen) atoms. The molecule has 192 valence electrons. The van der Waals surface area contributed by atoms with Crippen molar-refractivity contribution in [2.24, 2.45) is 0 Å². The van der Waals surface area contributed by atoms with Gasteiger partial charge in [-0.3, -0.25) is 13.9 Å². The molecule has 0 saturated heterocycles. The molecule has 2 amide bonds.